The number of anilines is 1. The Balaban J connectivity index is 2.75. The zero-order chi connectivity index (χ0) is 13.8. The fourth-order valence-electron chi connectivity index (χ4n) is 1.23. The zero-order valence-corrected chi connectivity index (χ0v) is 11.2. The van der Waals surface area contributed by atoms with Crippen molar-refractivity contribution in [1.82, 2.24) is 9.62 Å². The van der Waals surface area contributed by atoms with E-state index in [0.29, 0.717) is 12.2 Å². The fourth-order valence-corrected chi connectivity index (χ4v) is 2.26. The quantitative estimate of drug-likeness (QED) is 0.739. The second kappa shape index (κ2) is 5.83. The number of rotatable bonds is 5. The van der Waals surface area contributed by atoms with E-state index >= 15 is 0 Å². The third-order valence-corrected chi connectivity index (χ3v) is 3.88. The van der Waals surface area contributed by atoms with Gasteiger partial charge in [0.2, 0.25) is 15.9 Å². The van der Waals surface area contributed by atoms with E-state index < -0.39 is 10.0 Å². The van der Waals surface area contributed by atoms with Crippen LogP contribution in [0.25, 0.3) is 0 Å². The van der Waals surface area contributed by atoms with Crippen molar-refractivity contribution in [2.45, 2.75) is 11.8 Å². The highest BCUT2D eigenvalue weighted by molar-refractivity contribution is 7.89. The molecule has 0 spiro atoms. The summed E-state index contributed by atoms with van der Waals surface area (Å²) >= 11 is 0. The molecule has 0 saturated heterocycles. The number of nitrogens with two attached hydrogens (primary N) is 1. The molecule has 0 radical (unpaired) electrons. The molecule has 1 amide bonds. The van der Waals surface area contributed by atoms with Crippen LogP contribution in [-0.4, -0.2) is 39.4 Å². The Hall–Kier alpha value is -1.60. The third kappa shape index (κ3) is 3.71. The molecule has 0 heterocycles. The summed E-state index contributed by atoms with van der Waals surface area (Å²) in [5.41, 5.74) is 5.87. The number of benzene rings is 1. The molecule has 0 fully saturated rings. The molecule has 1 aromatic rings. The van der Waals surface area contributed by atoms with Crippen LogP contribution in [0.4, 0.5) is 5.69 Å². The number of hydrogen-bond donors (Lipinski definition) is 2. The van der Waals surface area contributed by atoms with Crippen molar-refractivity contribution in [2.75, 3.05) is 25.9 Å². The van der Waals surface area contributed by atoms with E-state index in [4.69, 9.17) is 5.73 Å². The predicted octanol–water partition coefficient (Wildman–Crippen LogP) is 0.0254. The van der Waals surface area contributed by atoms with E-state index in [-0.39, 0.29) is 17.3 Å². The molecule has 7 heteroatoms. The fraction of sp³-hybridized carbons (Fsp3) is 0.364. The second-order valence-corrected chi connectivity index (χ2v) is 5.57. The zero-order valence-electron chi connectivity index (χ0n) is 10.4. The van der Waals surface area contributed by atoms with Crippen molar-refractivity contribution in [3.05, 3.63) is 24.3 Å². The van der Waals surface area contributed by atoms with Gasteiger partial charge in [0.1, 0.15) is 0 Å². The summed E-state index contributed by atoms with van der Waals surface area (Å²) in [5.74, 6) is -0.287. The number of amides is 1. The van der Waals surface area contributed by atoms with Crippen LogP contribution in [0, 0.1) is 0 Å². The number of sulfonamides is 1. The van der Waals surface area contributed by atoms with Gasteiger partial charge < -0.3 is 10.6 Å². The van der Waals surface area contributed by atoms with Crippen molar-refractivity contribution in [2.24, 2.45) is 0 Å². The minimum absolute atomic E-state index is 0.0504. The molecular weight excluding hydrogens is 254 g/mol. The molecule has 3 N–H and O–H groups in total. The summed E-state index contributed by atoms with van der Waals surface area (Å²) in [5, 5.41) is 0. The Morgan fingerprint density at radius 3 is 2.67 bits per heavy atom. The number of nitrogens with one attached hydrogen (secondary N) is 1. The minimum Gasteiger partial charge on any atom is -0.399 e. The standard InChI is InChI=1S/C11H17N3O3S/c1-3-14(2)11(15)8-13-18(16,17)10-6-4-5-9(12)7-10/h4-7,13H,3,8,12H2,1-2H3. The highest BCUT2D eigenvalue weighted by Gasteiger charge is 2.16. The van der Waals surface area contributed by atoms with E-state index in [1.807, 2.05) is 6.92 Å². The Bertz CT molecular complexity index is 528. The minimum atomic E-state index is -3.70. The third-order valence-electron chi connectivity index (χ3n) is 2.48. The summed E-state index contributed by atoms with van der Waals surface area (Å²) in [6, 6.07) is 5.90. The lowest BCUT2D eigenvalue weighted by molar-refractivity contribution is -0.128. The molecule has 0 aliphatic heterocycles. The number of likely N-dealkylation sites (N-methyl/N-ethyl adjacent to an activating group) is 1. The molecule has 1 rings (SSSR count). The van der Waals surface area contributed by atoms with Crippen LogP contribution in [0.5, 0.6) is 0 Å². The average molecular weight is 271 g/mol. The predicted molar refractivity (Wildman–Crippen MR) is 69.4 cm³/mol. The maximum Gasteiger partial charge on any atom is 0.241 e. The van der Waals surface area contributed by atoms with E-state index in [1.165, 1.54) is 17.0 Å². The van der Waals surface area contributed by atoms with Crippen molar-refractivity contribution in [1.29, 1.82) is 0 Å². The van der Waals surface area contributed by atoms with Crippen molar-refractivity contribution in [3.8, 4) is 0 Å². The van der Waals surface area contributed by atoms with Crippen molar-refractivity contribution < 1.29 is 13.2 Å². The first-order valence-corrected chi connectivity index (χ1v) is 6.94. The van der Waals surface area contributed by atoms with Crippen molar-refractivity contribution in [3.63, 3.8) is 0 Å². The summed E-state index contributed by atoms with van der Waals surface area (Å²) in [6.07, 6.45) is 0. The number of hydrogen-bond acceptors (Lipinski definition) is 4. The van der Waals surface area contributed by atoms with Crippen LogP contribution in [-0.2, 0) is 14.8 Å². The van der Waals surface area contributed by atoms with E-state index in [9.17, 15) is 13.2 Å². The Kier molecular flexibility index (Phi) is 4.69. The second-order valence-electron chi connectivity index (χ2n) is 3.80. The Morgan fingerprint density at radius 2 is 2.11 bits per heavy atom. The molecule has 0 saturated carbocycles. The molecule has 6 nitrogen and oxygen atoms in total. The van der Waals surface area contributed by atoms with Gasteiger partial charge in [0.05, 0.1) is 11.4 Å². The summed E-state index contributed by atoms with van der Waals surface area (Å²) < 4.78 is 26.0. The largest absolute Gasteiger partial charge is 0.399 e. The maximum atomic E-state index is 11.9. The molecular formula is C11H17N3O3S. The lowest BCUT2D eigenvalue weighted by Crippen LogP contribution is -2.37. The van der Waals surface area contributed by atoms with E-state index in [1.54, 1.807) is 19.2 Å². The van der Waals surface area contributed by atoms with E-state index in [0.717, 1.165) is 0 Å². The number of nitrogen functional groups attached to an aromatic ring is 1. The molecule has 0 atom stereocenters. The molecule has 0 bridgehead atoms. The van der Waals surface area contributed by atoms with Crippen LogP contribution in [0.15, 0.2) is 29.2 Å². The van der Waals surface area contributed by atoms with Crippen LogP contribution in [0.3, 0.4) is 0 Å². The van der Waals surface area contributed by atoms with Crippen LogP contribution < -0.4 is 10.5 Å². The summed E-state index contributed by atoms with van der Waals surface area (Å²) in [7, 11) is -2.09. The normalized spacial score (nSPS) is 11.2. The first kappa shape index (κ1) is 14.5. The van der Waals surface area contributed by atoms with Crippen LogP contribution >= 0.6 is 0 Å². The lowest BCUT2D eigenvalue weighted by Gasteiger charge is -2.14. The Labute approximate surface area is 107 Å². The number of carbonyl (C=O) groups excluding carboxylic acids is 1. The van der Waals surface area contributed by atoms with Gasteiger partial charge in [0, 0.05) is 19.3 Å². The topological polar surface area (TPSA) is 92.5 Å². The lowest BCUT2D eigenvalue weighted by atomic mass is 10.3. The molecule has 0 aliphatic carbocycles. The first-order chi connectivity index (χ1) is 8.36. The molecule has 100 valence electrons. The van der Waals surface area contributed by atoms with Gasteiger partial charge in [-0.1, -0.05) is 6.07 Å². The van der Waals surface area contributed by atoms with Crippen molar-refractivity contribution >= 4 is 21.6 Å². The number of nitrogens with zero attached hydrogens (tertiary/aromatic N) is 1. The van der Waals surface area contributed by atoms with Gasteiger partial charge in [-0.2, -0.15) is 0 Å². The highest BCUT2D eigenvalue weighted by atomic mass is 32.2. The summed E-state index contributed by atoms with van der Waals surface area (Å²) in [6.45, 7) is 2.07. The van der Waals surface area contributed by atoms with Gasteiger partial charge in [0.15, 0.2) is 0 Å². The summed E-state index contributed by atoms with van der Waals surface area (Å²) in [4.78, 5) is 13.0. The number of carbonyl (C=O) groups is 1. The van der Waals surface area contributed by atoms with E-state index in [2.05, 4.69) is 4.72 Å². The SMILES string of the molecule is CCN(C)C(=O)CNS(=O)(=O)c1cccc(N)c1. The highest BCUT2D eigenvalue weighted by Crippen LogP contribution is 2.12. The Morgan fingerprint density at radius 1 is 1.44 bits per heavy atom. The molecule has 0 aromatic heterocycles. The van der Waals surface area contributed by atoms with Gasteiger partial charge in [0.25, 0.3) is 0 Å². The van der Waals surface area contributed by atoms with Gasteiger partial charge in [-0.15, -0.1) is 0 Å². The van der Waals surface area contributed by atoms with Crippen LogP contribution in [0.2, 0.25) is 0 Å². The van der Waals surface area contributed by atoms with Gasteiger partial charge in [-0.05, 0) is 25.1 Å². The molecule has 1 aromatic carbocycles. The molecule has 18 heavy (non-hydrogen) atoms. The maximum absolute atomic E-state index is 11.9. The first-order valence-electron chi connectivity index (χ1n) is 5.46. The van der Waals surface area contributed by atoms with Gasteiger partial charge in [-0.25, -0.2) is 13.1 Å². The molecule has 0 unspecified atom stereocenters. The monoisotopic (exact) mass is 271 g/mol. The van der Waals surface area contributed by atoms with Gasteiger partial charge in [-0.3, -0.25) is 4.79 Å². The average Bonchev–Trinajstić information content (AvgIpc) is 2.35. The van der Waals surface area contributed by atoms with Gasteiger partial charge >= 0.3 is 0 Å². The smallest absolute Gasteiger partial charge is 0.241 e. The molecule has 0 aliphatic rings. The van der Waals surface area contributed by atoms with Crippen LogP contribution in [0.1, 0.15) is 6.92 Å².